The lowest BCUT2D eigenvalue weighted by Crippen LogP contribution is -2.27. The summed E-state index contributed by atoms with van der Waals surface area (Å²) in [6.45, 7) is 1.90. The molecular weight excluding hydrogens is 188 g/mol. The first kappa shape index (κ1) is 8.59. The standard InChI is InChI=1S/C8H11ClN4/c1-5-7(9)8(11-10-5)6-3-4-13(2)12-6/h3-4,6,12H,1-2H3,(H,10,11). The molecule has 0 saturated carbocycles. The number of hydrogen-bond donors (Lipinski definition) is 2. The summed E-state index contributed by atoms with van der Waals surface area (Å²) in [7, 11) is 1.93. The minimum Gasteiger partial charge on any atom is -0.318 e. The second-order valence-electron chi connectivity index (χ2n) is 3.11. The van der Waals surface area contributed by atoms with Crippen LogP contribution >= 0.6 is 11.6 Å². The van der Waals surface area contributed by atoms with Crippen LogP contribution in [0.2, 0.25) is 5.02 Å². The van der Waals surface area contributed by atoms with Crippen LogP contribution in [0.4, 0.5) is 0 Å². The molecular formula is C8H11ClN4. The van der Waals surface area contributed by atoms with Crippen LogP contribution in [0.25, 0.3) is 0 Å². The van der Waals surface area contributed by atoms with Gasteiger partial charge in [-0.3, -0.25) is 5.10 Å². The zero-order valence-corrected chi connectivity index (χ0v) is 8.26. The summed E-state index contributed by atoms with van der Waals surface area (Å²) in [5, 5.41) is 9.57. The highest BCUT2D eigenvalue weighted by molar-refractivity contribution is 6.31. The van der Waals surface area contributed by atoms with Gasteiger partial charge in [-0.05, 0) is 13.0 Å². The highest BCUT2D eigenvalue weighted by atomic mass is 35.5. The van der Waals surface area contributed by atoms with Crippen molar-refractivity contribution in [1.82, 2.24) is 20.6 Å². The molecule has 0 radical (unpaired) electrons. The molecule has 5 heteroatoms. The second-order valence-corrected chi connectivity index (χ2v) is 3.48. The molecule has 1 aliphatic rings. The smallest absolute Gasteiger partial charge is 0.104 e. The maximum absolute atomic E-state index is 6.05. The number of nitrogens with zero attached hydrogens (tertiary/aromatic N) is 2. The zero-order valence-electron chi connectivity index (χ0n) is 7.50. The molecule has 1 unspecified atom stereocenters. The number of halogens is 1. The summed E-state index contributed by atoms with van der Waals surface area (Å²) in [6.07, 6.45) is 3.96. The summed E-state index contributed by atoms with van der Waals surface area (Å²) in [4.78, 5) is 0. The molecule has 0 fully saturated rings. The van der Waals surface area contributed by atoms with Gasteiger partial charge in [-0.25, -0.2) is 5.43 Å². The van der Waals surface area contributed by atoms with Crippen molar-refractivity contribution < 1.29 is 0 Å². The van der Waals surface area contributed by atoms with E-state index in [0.717, 1.165) is 11.4 Å². The fraction of sp³-hybridized carbons (Fsp3) is 0.375. The Bertz CT molecular complexity index is 344. The Morgan fingerprint density at radius 1 is 1.62 bits per heavy atom. The number of aromatic amines is 1. The molecule has 2 rings (SSSR count). The summed E-state index contributed by atoms with van der Waals surface area (Å²) < 4.78 is 0. The Labute approximate surface area is 81.5 Å². The van der Waals surface area contributed by atoms with E-state index in [1.54, 1.807) is 0 Å². The molecule has 4 nitrogen and oxygen atoms in total. The van der Waals surface area contributed by atoms with Crippen molar-refractivity contribution in [3.63, 3.8) is 0 Å². The minimum atomic E-state index is 0.0856. The van der Waals surface area contributed by atoms with E-state index < -0.39 is 0 Å². The lowest BCUT2D eigenvalue weighted by Gasteiger charge is -2.12. The quantitative estimate of drug-likeness (QED) is 0.717. The van der Waals surface area contributed by atoms with Crippen molar-refractivity contribution in [2.24, 2.45) is 0 Å². The third kappa shape index (κ3) is 1.43. The fourth-order valence-corrected chi connectivity index (χ4v) is 1.52. The summed E-state index contributed by atoms with van der Waals surface area (Å²) >= 11 is 6.05. The van der Waals surface area contributed by atoms with Crippen LogP contribution in [-0.4, -0.2) is 22.3 Å². The van der Waals surface area contributed by atoms with Crippen LogP contribution in [0, 0.1) is 6.92 Å². The van der Waals surface area contributed by atoms with Gasteiger partial charge in [0.1, 0.15) is 5.69 Å². The molecule has 0 aliphatic carbocycles. The third-order valence-electron chi connectivity index (χ3n) is 2.04. The van der Waals surface area contributed by atoms with E-state index in [9.17, 15) is 0 Å². The van der Waals surface area contributed by atoms with Crippen molar-refractivity contribution in [3.8, 4) is 0 Å². The third-order valence-corrected chi connectivity index (χ3v) is 2.51. The first-order valence-corrected chi connectivity index (χ1v) is 4.44. The van der Waals surface area contributed by atoms with Gasteiger partial charge in [-0.2, -0.15) is 5.10 Å². The largest absolute Gasteiger partial charge is 0.318 e. The number of aromatic nitrogens is 2. The highest BCUT2D eigenvalue weighted by Gasteiger charge is 2.20. The van der Waals surface area contributed by atoms with E-state index >= 15 is 0 Å². The predicted molar refractivity (Wildman–Crippen MR) is 51.1 cm³/mol. The van der Waals surface area contributed by atoms with Crippen LogP contribution in [0.5, 0.6) is 0 Å². The van der Waals surface area contributed by atoms with Crippen LogP contribution in [0.15, 0.2) is 12.3 Å². The molecule has 70 valence electrons. The van der Waals surface area contributed by atoms with Crippen LogP contribution in [0.1, 0.15) is 17.4 Å². The number of aryl methyl sites for hydroxylation is 1. The van der Waals surface area contributed by atoms with Crippen LogP contribution in [-0.2, 0) is 0 Å². The molecule has 1 atom stereocenters. The highest BCUT2D eigenvalue weighted by Crippen LogP contribution is 2.26. The zero-order chi connectivity index (χ0) is 9.42. The molecule has 1 aromatic rings. The number of hydrazine groups is 1. The molecule has 0 spiro atoms. The van der Waals surface area contributed by atoms with Crippen molar-refractivity contribution >= 4 is 11.6 Å². The van der Waals surface area contributed by atoms with E-state index in [2.05, 4.69) is 15.6 Å². The molecule has 2 heterocycles. The molecule has 0 amide bonds. The SMILES string of the molecule is Cc1[nH]nc(C2C=CN(C)N2)c1Cl. The van der Waals surface area contributed by atoms with Gasteiger partial charge in [0.05, 0.1) is 16.8 Å². The number of nitrogens with one attached hydrogen (secondary N) is 2. The second kappa shape index (κ2) is 3.05. The molecule has 2 N–H and O–H groups in total. The van der Waals surface area contributed by atoms with Gasteiger partial charge in [0.25, 0.3) is 0 Å². The van der Waals surface area contributed by atoms with Gasteiger partial charge in [0, 0.05) is 13.2 Å². The van der Waals surface area contributed by atoms with Gasteiger partial charge in [0.2, 0.25) is 0 Å². The Balaban J connectivity index is 2.27. The maximum atomic E-state index is 6.05. The first-order chi connectivity index (χ1) is 6.18. The van der Waals surface area contributed by atoms with Gasteiger partial charge in [-0.1, -0.05) is 11.6 Å². The monoisotopic (exact) mass is 198 g/mol. The van der Waals surface area contributed by atoms with Gasteiger partial charge in [0.15, 0.2) is 0 Å². The van der Waals surface area contributed by atoms with E-state index in [-0.39, 0.29) is 6.04 Å². The average Bonchev–Trinajstić information content (AvgIpc) is 2.62. The molecule has 0 saturated heterocycles. The molecule has 0 aromatic carbocycles. The Kier molecular flexibility index (Phi) is 2.01. The minimum absolute atomic E-state index is 0.0856. The number of rotatable bonds is 1. The summed E-state index contributed by atoms with van der Waals surface area (Å²) in [5.74, 6) is 0. The van der Waals surface area contributed by atoms with Crippen molar-refractivity contribution in [2.75, 3.05) is 7.05 Å². The molecule has 1 aromatic heterocycles. The lowest BCUT2D eigenvalue weighted by molar-refractivity contribution is 0.330. The van der Waals surface area contributed by atoms with Gasteiger partial charge in [-0.15, -0.1) is 0 Å². The van der Waals surface area contributed by atoms with Crippen molar-refractivity contribution in [2.45, 2.75) is 13.0 Å². The first-order valence-electron chi connectivity index (χ1n) is 4.06. The Hall–Kier alpha value is -1.00. The van der Waals surface area contributed by atoms with Crippen molar-refractivity contribution in [3.05, 3.63) is 28.7 Å². The maximum Gasteiger partial charge on any atom is 0.104 e. The normalized spacial score (nSPS) is 21.5. The van der Waals surface area contributed by atoms with E-state index in [1.807, 2.05) is 31.3 Å². The van der Waals surface area contributed by atoms with Gasteiger partial charge >= 0.3 is 0 Å². The fourth-order valence-electron chi connectivity index (χ4n) is 1.31. The Morgan fingerprint density at radius 2 is 2.38 bits per heavy atom. The van der Waals surface area contributed by atoms with E-state index in [0.29, 0.717) is 5.02 Å². The number of hydrogen-bond acceptors (Lipinski definition) is 3. The average molecular weight is 199 g/mol. The Morgan fingerprint density at radius 3 is 2.85 bits per heavy atom. The molecule has 13 heavy (non-hydrogen) atoms. The van der Waals surface area contributed by atoms with Crippen LogP contribution < -0.4 is 5.43 Å². The molecule has 1 aliphatic heterocycles. The van der Waals surface area contributed by atoms with Gasteiger partial charge < -0.3 is 5.01 Å². The van der Waals surface area contributed by atoms with Crippen LogP contribution in [0.3, 0.4) is 0 Å². The topological polar surface area (TPSA) is 44.0 Å². The van der Waals surface area contributed by atoms with E-state index in [1.165, 1.54) is 0 Å². The molecule has 0 bridgehead atoms. The lowest BCUT2D eigenvalue weighted by atomic mass is 10.2. The van der Waals surface area contributed by atoms with Crippen molar-refractivity contribution in [1.29, 1.82) is 0 Å². The number of H-pyrrole nitrogens is 1. The predicted octanol–water partition coefficient (Wildman–Crippen LogP) is 1.38. The summed E-state index contributed by atoms with van der Waals surface area (Å²) in [5.41, 5.74) is 4.93. The van der Waals surface area contributed by atoms with E-state index in [4.69, 9.17) is 11.6 Å². The summed E-state index contributed by atoms with van der Waals surface area (Å²) in [6, 6.07) is 0.0856.